The van der Waals surface area contributed by atoms with Crippen LogP contribution >= 0.6 is 0 Å². The van der Waals surface area contributed by atoms with Crippen LogP contribution in [-0.4, -0.2) is 27.1 Å². The summed E-state index contributed by atoms with van der Waals surface area (Å²) in [5.41, 5.74) is 3.53. The summed E-state index contributed by atoms with van der Waals surface area (Å²) in [5.74, 6) is 0.817. The van der Waals surface area contributed by atoms with Gasteiger partial charge in [0.05, 0.1) is 17.5 Å². The molecule has 0 unspecified atom stereocenters. The lowest BCUT2D eigenvalue weighted by Gasteiger charge is -2.12. The van der Waals surface area contributed by atoms with Crippen LogP contribution < -0.4 is 5.32 Å². The SMILES string of the molecule is C=CCC[C@H](O)c1cc(C)c(-c2cc3cnc(NC)cc3cn2)cn1. The molecule has 0 fully saturated rings. The second-order valence-corrected chi connectivity index (χ2v) is 6.04. The monoisotopic (exact) mass is 334 g/mol. The molecule has 0 saturated heterocycles. The molecule has 0 saturated carbocycles. The number of hydrogen-bond acceptors (Lipinski definition) is 5. The molecule has 0 aromatic carbocycles. The van der Waals surface area contributed by atoms with Crippen molar-refractivity contribution < 1.29 is 5.11 Å². The molecule has 3 rings (SSSR count). The smallest absolute Gasteiger partial charge is 0.126 e. The molecule has 25 heavy (non-hydrogen) atoms. The summed E-state index contributed by atoms with van der Waals surface area (Å²) in [5, 5.41) is 15.3. The van der Waals surface area contributed by atoms with E-state index < -0.39 is 6.10 Å². The summed E-state index contributed by atoms with van der Waals surface area (Å²) >= 11 is 0. The summed E-state index contributed by atoms with van der Waals surface area (Å²) < 4.78 is 0. The first-order valence-corrected chi connectivity index (χ1v) is 8.32. The third-order valence-electron chi connectivity index (χ3n) is 4.25. The zero-order chi connectivity index (χ0) is 17.8. The Morgan fingerprint density at radius 2 is 1.88 bits per heavy atom. The Labute approximate surface area is 147 Å². The van der Waals surface area contributed by atoms with Crippen LogP contribution in [0.3, 0.4) is 0 Å². The van der Waals surface area contributed by atoms with Gasteiger partial charge in [0.15, 0.2) is 0 Å². The van der Waals surface area contributed by atoms with Crippen LogP contribution in [0.4, 0.5) is 5.82 Å². The van der Waals surface area contributed by atoms with Gasteiger partial charge in [-0.3, -0.25) is 9.97 Å². The lowest BCUT2D eigenvalue weighted by molar-refractivity contribution is 0.164. The number of aliphatic hydroxyl groups is 1. The Balaban J connectivity index is 1.93. The second kappa shape index (κ2) is 7.40. The van der Waals surface area contributed by atoms with Crippen molar-refractivity contribution in [3.63, 3.8) is 0 Å². The number of fused-ring (bicyclic) bond motifs is 1. The highest BCUT2D eigenvalue weighted by Gasteiger charge is 2.12. The van der Waals surface area contributed by atoms with Crippen molar-refractivity contribution in [2.24, 2.45) is 0 Å². The minimum absolute atomic E-state index is 0.570. The maximum Gasteiger partial charge on any atom is 0.126 e. The number of aromatic nitrogens is 3. The third kappa shape index (κ3) is 3.67. The molecule has 3 aromatic heterocycles. The highest BCUT2D eigenvalue weighted by molar-refractivity contribution is 5.86. The van der Waals surface area contributed by atoms with Crippen molar-refractivity contribution in [3.8, 4) is 11.3 Å². The second-order valence-electron chi connectivity index (χ2n) is 6.04. The average Bonchev–Trinajstić information content (AvgIpc) is 2.65. The molecule has 5 nitrogen and oxygen atoms in total. The molecule has 1 atom stereocenters. The number of allylic oxidation sites excluding steroid dienone is 1. The lowest BCUT2D eigenvalue weighted by Crippen LogP contribution is -2.01. The number of nitrogens with one attached hydrogen (secondary N) is 1. The van der Waals surface area contributed by atoms with E-state index in [1.807, 2.05) is 44.6 Å². The number of hydrogen-bond donors (Lipinski definition) is 2. The van der Waals surface area contributed by atoms with Crippen LogP contribution in [0.15, 0.2) is 49.4 Å². The van der Waals surface area contributed by atoms with E-state index in [0.29, 0.717) is 12.1 Å². The molecular weight excluding hydrogens is 312 g/mol. The molecule has 0 bridgehead atoms. The summed E-state index contributed by atoms with van der Waals surface area (Å²) in [7, 11) is 1.84. The number of anilines is 1. The van der Waals surface area contributed by atoms with Gasteiger partial charge in [-0.05, 0) is 43.5 Å². The van der Waals surface area contributed by atoms with E-state index in [9.17, 15) is 5.11 Å². The number of nitrogens with zero attached hydrogens (tertiary/aromatic N) is 3. The summed E-state index contributed by atoms with van der Waals surface area (Å²) in [4.78, 5) is 13.3. The number of aliphatic hydroxyl groups excluding tert-OH is 1. The number of aryl methyl sites for hydroxylation is 1. The fourth-order valence-electron chi connectivity index (χ4n) is 2.77. The molecule has 128 valence electrons. The highest BCUT2D eigenvalue weighted by atomic mass is 16.3. The average molecular weight is 334 g/mol. The van der Waals surface area contributed by atoms with Crippen molar-refractivity contribution in [3.05, 3.63) is 60.7 Å². The van der Waals surface area contributed by atoms with Gasteiger partial charge in [-0.15, -0.1) is 6.58 Å². The van der Waals surface area contributed by atoms with Crippen LogP contribution in [0.2, 0.25) is 0 Å². The van der Waals surface area contributed by atoms with Gasteiger partial charge in [-0.1, -0.05) is 6.08 Å². The molecule has 2 N–H and O–H groups in total. The van der Waals surface area contributed by atoms with E-state index in [1.165, 1.54) is 0 Å². The summed E-state index contributed by atoms with van der Waals surface area (Å²) in [6.45, 7) is 5.69. The first-order chi connectivity index (χ1) is 12.1. The number of rotatable bonds is 6. The number of pyridine rings is 3. The van der Waals surface area contributed by atoms with Gasteiger partial charge >= 0.3 is 0 Å². The molecule has 0 amide bonds. The van der Waals surface area contributed by atoms with Gasteiger partial charge in [-0.2, -0.15) is 0 Å². The van der Waals surface area contributed by atoms with E-state index >= 15 is 0 Å². The predicted octanol–water partition coefficient (Wildman–Crippen LogP) is 4.04. The standard InChI is InChI=1S/C20H22N4O/c1-4-5-6-19(25)18-7-13(2)16(12-23-18)17-8-14-11-24-20(21-3)9-15(14)10-22-17/h4,7-12,19,25H,1,5-6H2,2-3H3,(H,21,24)/t19-/m0/s1. The van der Waals surface area contributed by atoms with E-state index in [1.54, 1.807) is 12.3 Å². The van der Waals surface area contributed by atoms with Gasteiger partial charge in [-0.25, -0.2) is 4.98 Å². The van der Waals surface area contributed by atoms with E-state index in [4.69, 9.17) is 0 Å². The van der Waals surface area contributed by atoms with Crippen molar-refractivity contribution >= 4 is 16.6 Å². The fourth-order valence-corrected chi connectivity index (χ4v) is 2.77. The van der Waals surface area contributed by atoms with Gasteiger partial charge in [0.25, 0.3) is 0 Å². The zero-order valence-corrected chi connectivity index (χ0v) is 14.5. The maximum atomic E-state index is 10.2. The first kappa shape index (κ1) is 17.0. The quantitative estimate of drug-likeness (QED) is 0.666. The minimum Gasteiger partial charge on any atom is -0.387 e. The van der Waals surface area contributed by atoms with Gasteiger partial charge in [0.1, 0.15) is 5.82 Å². The zero-order valence-electron chi connectivity index (χ0n) is 14.5. The van der Waals surface area contributed by atoms with E-state index in [0.717, 1.165) is 39.8 Å². The molecule has 0 aliphatic carbocycles. The molecule has 0 spiro atoms. The normalized spacial score (nSPS) is 12.1. The Morgan fingerprint density at radius 3 is 2.60 bits per heavy atom. The molecule has 3 heterocycles. The molecular formula is C20H22N4O. The van der Waals surface area contributed by atoms with E-state index in [2.05, 4.69) is 26.8 Å². The van der Waals surface area contributed by atoms with Crippen LogP contribution in [0.1, 0.15) is 30.2 Å². The minimum atomic E-state index is -0.570. The Morgan fingerprint density at radius 1 is 1.12 bits per heavy atom. The van der Waals surface area contributed by atoms with Crippen molar-refractivity contribution in [2.45, 2.75) is 25.9 Å². The maximum absolute atomic E-state index is 10.2. The topological polar surface area (TPSA) is 70.9 Å². The molecule has 5 heteroatoms. The highest BCUT2D eigenvalue weighted by Crippen LogP contribution is 2.27. The summed E-state index contributed by atoms with van der Waals surface area (Å²) in [6.07, 6.45) is 8.09. The molecule has 3 aromatic rings. The lowest BCUT2D eigenvalue weighted by atomic mass is 10.0. The Kier molecular flexibility index (Phi) is 5.05. The fraction of sp³-hybridized carbons (Fsp3) is 0.250. The van der Waals surface area contributed by atoms with Crippen molar-refractivity contribution in [1.82, 2.24) is 15.0 Å². The van der Waals surface area contributed by atoms with E-state index in [-0.39, 0.29) is 0 Å². The summed E-state index contributed by atoms with van der Waals surface area (Å²) in [6, 6.07) is 5.91. The van der Waals surface area contributed by atoms with Crippen molar-refractivity contribution in [1.29, 1.82) is 0 Å². The van der Waals surface area contributed by atoms with Gasteiger partial charge < -0.3 is 10.4 Å². The predicted molar refractivity (Wildman–Crippen MR) is 101 cm³/mol. The van der Waals surface area contributed by atoms with Crippen LogP contribution in [0.5, 0.6) is 0 Å². The molecule has 0 aliphatic heterocycles. The largest absolute Gasteiger partial charge is 0.387 e. The van der Waals surface area contributed by atoms with Gasteiger partial charge in [0, 0.05) is 42.0 Å². The molecule has 0 aliphatic rings. The van der Waals surface area contributed by atoms with Crippen molar-refractivity contribution in [2.75, 3.05) is 12.4 Å². The van der Waals surface area contributed by atoms with Crippen LogP contribution in [0, 0.1) is 6.92 Å². The Bertz CT molecular complexity index is 907. The van der Waals surface area contributed by atoms with Gasteiger partial charge in [0.2, 0.25) is 0 Å². The Hall–Kier alpha value is -2.79. The van der Waals surface area contributed by atoms with Crippen LogP contribution in [-0.2, 0) is 0 Å². The third-order valence-corrected chi connectivity index (χ3v) is 4.25. The first-order valence-electron chi connectivity index (χ1n) is 8.32. The van der Waals surface area contributed by atoms with Crippen LogP contribution in [0.25, 0.3) is 22.0 Å². The molecule has 0 radical (unpaired) electrons.